The molecule has 38 heavy (non-hydrogen) atoms. The molecule has 0 bridgehead atoms. The van der Waals surface area contributed by atoms with Gasteiger partial charge in [0.2, 0.25) is 5.91 Å². The van der Waals surface area contributed by atoms with Gasteiger partial charge in [-0.15, -0.1) is 0 Å². The highest BCUT2D eigenvalue weighted by molar-refractivity contribution is 5.94. The molecule has 0 N–H and O–H groups in total. The molecule has 200 valence electrons. The van der Waals surface area contributed by atoms with Crippen LogP contribution in [0.1, 0.15) is 31.2 Å². The van der Waals surface area contributed by atoms with Crippen LogP contribution < -0.4 is 14.5 Å². The fourth-order valence-corrected chi connectivity index (χ4v) is 5.16. The Labute approximate surface area is 219 Å². The molecule has 0 unspecified atom stereocenters. The highest BCUT2D eigenvalue weighted by Gasteiger charge is 2.27. The van der Waals surface area contributed by atoms with Gasteiger partial charge in [-0.3, -0.25) is 4.79 Å². The van der Waals surface area contributed by atoms with Crippen molar-refractivity contribution >= 4 is 17.3 Å². The summed E-state index contributed by atoms with van der Waals surface area (Å²) in [6.45, 7) is 3.37. The van der Waals surface area contributed by atoms with Crippen molar-refractivity contribution in [3.63, 3.8) is 0 Å². The quantitative estimate of drug-likeness (QED) is 0.491. The standard InChI is InChI=1S/C28H30F3N5O2/c1-17(37)36-10-11-38-28-22(30)14-19(15-25(28)36)27-23(31)16-32-26(33-27)13-18-4-5-24(21(29)12-18)35-8-6-20(7-9-35)34(2)3/h4-5,12,14-16,20H,6-11,13H2,1-3H3. The van der Waals surface area contributed by atoms with Crippen molar-refractivity contribution in [3.05, 3.63) is 65.4 Å². The van der Waals surface area contributed by atoms with Crippen LogP contribution in [0.15, 0.2) is 36.5 Å². The minimum Gasteiger partial charge on any atom is -0.486 e. The number of hydrogen-bond acceptors (Lipinski definition) is 6. The molecule has 0 spiro atoms. The maximum atomic E-state index is 15.1. The minimum absolute atomic E-state index is 0.0496. The Hall–Kier alpha value is -3.66. The lowest BCUT2D eigenvalue weighted by molar-refractivity contribution is -0.116. The van der Waals surface area contributed by atoms with Crippen LogP contribution in [0.4, 0.5) is 24.5 Å². The van der Waals surface area contributed by atoms with E-state index in [9.17, 15) is 13.6 Å². The number of aromatic nitrogens is 2. The maximum Gasteiger partial charge on any atom is 0.224 e. The zero-order chi connectivity index (χ0) is 27.0. The first-order chi connectivity index (χ1) is 18.2. The van der Waals surface area contributed by atoms with Crippen molar-refractivity contribution in [2.24, 2.45) is 0 Å². The molecule has 0 radical (unpaired) electrons. The van der Waals surface area contributed by atoms with Gasteiger partial charge in [0, 0.05) is 38.0 Å². The van der Waals surface area contributed by atoms with Gasteiger partial charge in [0.15, 0.2) is 17.4 Å². The molecule has 1 amide bonds. The van der Waals surface area contributed by atoms with Gasteiger partial charge in [-0.05, 0) is 56.8 Å². The van der Waals surface area contributed by atoms with Crippen molar-refractivity contribution in [1.82, 2.24) is 14.9 Å². The molecule has 1 aromatic heterocycles. The molecule has 2 aromatic carbocycles. The first kappa shape index (κ1) is 26.0. The summed E-state index contributed by atoms with van der Waals surface area (Å²) in [4.78, 5) is 26.1. The minimum atomic E-state index is -0.734. The summed E-state index contributed by atoms with van der Waals surface area (Å²) in [5, 5.41) is 0. The number of fused-ring (bicyclic) bond motifs is 1. The van der Waals surface area contributed by atoms with Crippen molar-refractivity contribution in [3.8, 4) is 17.0 Å². The van der Waals surface area contributed by atoms with Crippen LogP contribution in [0.25, 0.3) is 11.3 Å². The molecule has 1 fully saturated rings. The summed E-state index contributed by atoms with van der Waals surface area (Å²) in [7, 11) is 4.13. The summed E-state index contributed by atoms with van der Waals surface area (Å²) in [5.74, 6) is -1.83. The number of carbonyl (C=O) groups is 1. The molecular weight excluding hydrogens is 495 g/mol. The Morgan fingerprint density at radius 1 is 1.03 bits per heavy atom. The second kappa shape index (κ2) is 10.6. The largest absolute Gasteiger partial charge is 0.486 e. The van der Waals surface area contributed by atoms with Crippen molar-refractivity contribution in [2.45, 2.75) is 32.2 Å². The number of halogens is 3. The van der Waals surface area contributed by atoms with E-state index in [0.29, 0.717) is 17.3 Å². The number of amides is 1. The van der Waals surface area contributed by atoms with Gasteiger partial charge >= 0.3 is 0 Å². The third kappa shape index (κ3) is 5.18. The van der Waals surface area contributed by atoms with Crippen LogP contribution in [0.2, 0.25) is 0 Å². The summed E-state index contributed by atoms with van der Waals surface area (Å²) in [5.41, 5.74) is 1.48. The van der Waals surface area contributed by atoms with E-state index >= 15 is 4.39 Å². The third-order valence-corrected chi connectivity index (χ3v) is 7.23. The summed E-state index contributed by atoms with van der Waals surface area (Å²) < 4.78 is 50.1. The monoisotopic (exact) mass is 525 g/mol. The van der Waals surface area contributed by atoms with Crippen LogP contribution in [0.5, 0.6) is 5.75 Å². The zero-order valence-electron chi connectivity index (χ0n) is 21.7. The highest BCUT2D eigenvalue weighted by Crippen LogP contribution is 2.38. The average molecular weight is 526 g/mol. The predicted molar refractivity (Wildman–Crippen MR) is 139 cm³/mol. The lowest BCUT2D eigenvalue weighted by atomic mass is 10.0. The highest BCUT2D eigenvalue weighted by atomic mass is 19.1. The van der Waals surface area contributed by atoms with Gasteiger partial charge in [0.05, 0.1) is 24.1 Å². The number of nitrogens with zero attached hydrogens (tertiary/aromatic N) is 5. The van der Waals surface area contributed by atoms with Crippen molar-refractivity contribution < 1.29 is 22.7 Å². The Bertz CT molecular complexity index is 1360. The van der Waals surface area contributed by atoms with E-state index in [1.54, 1.807) is 6.07 Å². The average Bonchev–Trinajstić information content (AvgIpc) is 2.89. The number of anilines is 2. The first-order valence-corrected chi connectivity index (χ1v) is 12.7. The van der Waals surface area contributed by atoms with Crippen LogP contribution >= 0.6 is 0 Å². The molecule has 1 saturated heterocycles. The summed E-state index contributed by atoms with van der Waals surface area (Å²) in [6, 6.07) is 8.16. The van der Waals surface area contributed by atoms with E-state index in [4.69, 9.17) is 4.74 Å². The zero-order valence-corrected chi connectivity index (χ0v) is 21.7. The molecule has 7 nitrogen and oxygen atoms in total. The molecule has 0 aliphatic carbocycles. The number of ether oxygens (including phenoxy) is 1. The molecule has 10 heteroatoms. The van der Waals surface area contributed by atoms with Crippen molar-refractivity contribution in [2.75, 3.05) is 50.1 Å². The molecule has 3 aromatic rings. The first-order valence-electron chi connectivity index (χ1n) is 12.7. The number of benzene rings is 2. The Balaban J connectivity index is 1.38. The molecule has 0 atom stereocenters. The molecule has 0 saturated carbocycles. The van der Waals surface area contributed by atoms with Crippen LogP contribution in [-0.2, 0) is 11.2 Å². The fourth-order valence-electron chi connectivity index (χ4n) is 5.16. The lowest BCUT2D eigenvalue weighted by Gasteiger charge is -2.36. The summed E-state index contributed by atoms with van der Waals surface area (Å²) in [6.07, 6.45) is 3.14. The molecule has 5 rings (SSSR count). The van der Waals surface area contributed by atoms with Crippen LogP contribution in [-0.4, -0.2) is 67.2 Å². The van der Waals surface area contributed by atoms with Crippen molar-refractivity contribution in [1.29, 1.82) is 0 Å². The third-order valence-electron chi connectivity index (χ3n) is 7.23. The fraction of sp³-hybridized carbons (Fsp3) is 0.393. The molecular formula is C28H30F3N5O2. The van der Waals surface area contributed by atoms with Gasteiger partial charge in [-0.1, -0.05) is 6.07 Å². The normalized spacial score (nSPS) is 16.0. The topological polar surface area (TPSA) is 61.8 Å². The molecule has 2 aliphatic heterocycles. The van der Waals surface area contributed by atoms with E-state index in [2.05, 4.69) is 33.9 Å². The van der Waals surface area contributed by atoms with E-state index in [1.165, 1.54) is 24.0 Å². The van der Waals surface area contributed by atoms with Gasteiger partial charge in [0.25, 0.3) is 0 Å². The Kier molecular flexibility index (Phi) is 7.25. The molecule has 3 heterocycles. The Morgan fingerprint density at radius 2 is 1.79 bits per heavy atom. The number of piperidine rings is 1. The van der Waals surface area contributed by atoms with Gasteiger partial charge < -0.3 is 19.4 Å². The van der Waals surface area contributed by atoms with Crippen LogP contribution in [0, 0.1) is 17.5 Å². The van der Waals surface area contributed by atoms with Gasteiger partial charge in [-0.25, -0.2) is 23.1 Å². The number of hydrogen-bond donors (Lipinski definition) is 0. The summed E-state index contributed by atoms with van der Waals surface area (Å²) >= 11 is 0. The lowest BCUT2D eigenvalue weighted by Crippen LogP contribution is -2.42. The van der Waals surface area contributed by atoms with Gasteiger partial charge in [-0.2, -0.15) is 0 Å². The second-order valence-corrected chi connectivity index (χ2v) is 9.95. The van der Waals surface area contributed by atoms with Crippen LogP contribution in [0.3, 0.4) is 0 Å². The number of rotatable bonds is 5. The van der Waals surface area contributed by atoms with Gasteiger partial charge in [0.1, 0.15) is 23.9 Å². The Morgan fingerprint density at radius 3 is 2.47 bits per heavy atom. The predicted octanol–water partition coefficient (Wildman–Crippen LogP) is 4.43. The van der Waals surface area contributed by atoms with E-state index < -0.39 is 11.6 Å². The van der Waals surface area contributed by atoms with E-state index in [1.807, 2.05) is 6.07 Å². The second-order valence-electron chi connectivity index (χ2n) is 9.95. The maximum absolute atomic E-state index is 15.1. The van der Waals surface area contributed by atoms with E-state index in [-0.39, 0.29) is 59.8 Å². The van der Waals surface area contributed by atoms with E-state index in [0.717, 1.165) is 38.2 Å². The SMILES string of the molecule is CC(=O)N1CCOc2c(F)cc(-c3nc(Cc4ccc(N5CCC(N(C)C)CC5)c(F)c4)ncc3F)cc21. The smallest absolute Gasteiger partial charge is 0.224 e. The molecule has 2 aliphatic rings. The number of carbonyl (C=O) groups excluding carboxylic acids is 1.